The van der Waals surface area contributed by atoms with Gasteiger partial charge in [0.05, 0.1) is 13.2 Å². The molecule has 2 aromatic carbocycles. The van der Waals surface area contributed by atoms with Crippen molar-refractivity contribution in [3.05, 3.63) is 64.2 Å². The fourth-order valence-electron chi connectivity index (χ4n) is 5.36. The summed E-state index contributed by atoms with van der Waals surface area (Å²) in [6, 6.07) is 14.3. The number of halogens is 1. The standard InChI is InChI=1S/C29H37ClN2O4/c1-21(24-8-10-26(30)11-9-24)31(18-22-5-3-2-4-6-22)19-23-7-12-27(25(17-23)20-33)36-16-15-32-28(34)13-14-29(32)35/h7-12,17,21-22,33H,2-6,13-16,18-20H2,1H3/t21-/m0/s1. The molecule has 0 aromatic heterocycles. The number of rotatable bonds is 11. The van der Waals surface area contributed by atoms with Crippen LogP contribution < -0.4 is 4.74 Å². The summed E-state index contributed by atoms with van der Waals surface area (Å²) >= 11 is 6.13. The van der Waals surface area contributed by atoms with Gasteiger partial charge >= 0.3 is 0 Å². The van der Waals surface area contributed by atoms with Crippen LogP contribution in [0.2, 0.25) is 5.02 Å². The topological polar surface area (TPSA) is 70.1 Å². The zero-order valence-electron chi connectivity index (χ0n) is 21.1. The number of benzene rings is 2. The van der Waals surface area contributed by atoms with Crippen LogP contribution in [0.15, 0.2) is 42.5 Å². The molecule has 2 aliphatic rings. The smallest absolute Gasteiger partial charge is 0.229 e. The van der Waals surface area contributed by atoms with E-state index in [0.717, 1.165) is 23.7 Å². The summed E-state index contributed by atoms with van der Waals surface area (Å²) in [6.07, 6.45) is 7.07. The van der Waals surface area contributed by atoms with Gasteiger partial charge in [0.25, 0.3) is 0 Å². The molecule has 2 aromatic rings. The van der Waals surface area contributed by atoms with Gasteiger partial charge in [-0.05, 0) is 61.1 Å². The molecule has 1 heterocycles. The second-order valence-electron chi connectivity index (χ2n) is 10.0. The van der Waals surface area contributed by atoms with Crippen molar-refractivity contribution in [3.8, 4) is 5.75 Å². The van der Waals surface area contributed by atoms with Crippen molar-refractivity contribution in [1.29, 1.82) is 0 Å². The number of amides is 2. The molecule has 6 nitrogen and oxygen atoms in total. The third-order valence-corrected chi connectivity index (χ3v) is 7.78. The van der Waals surface area contributed by atoms with Crippen molar-refractivity contribution in [2.45, 2.75) is 71.1 Å². The molecule has 0 bridgehead atoms. The van der Waals surface area contributed by atoms with E-state index in [4.69, 9.17) is 16.3 Å². The first-order valence-electron chi connectivity index (χ1n) is 13.1. The van der Waals surface area contributed by atoms with Crippen molar-refractivity contribution < 1.29 is 19.4 Å². The van der Waals surface area contributed by atoms with Gasteiger partial charge in [-0.15, -0.1) is 0 Å². The molecular formula is C29H37ClN2O4. The number of ether oxygens (including phenoxy) is 1. The van der Waals surface area contributed by atoms with E-state index in [0.29, 0.717) is 17.2 Å². The maximum Gasteiger partial charge on any atom is 0.229 e. The number of likely N-dealkylation sites (tertiary alicyclic amines) is 1. The summed E-state index contributed by atoms with van der Waals surface area (Å²) in [5, 5.41) is 10.8. The van der Waals surface area contributed by atoms with Gasteiger partial charge in [0.15, 0.2) is 0 Å². The number of aliphatic hydroxyl groups is 1. The van der Waals surface area contributed by atoms with Crippen LogP contribution in [0.25, 0.3) is 0 Å². The Hall–Kier alpha value is -2.41. The van der Waals surface area contributed by atoms with Gasteiger partial charge in [0, 0.05) is 42.6 Å². The van der Waals surface area contributed by atoms with Crippen molar-refractivity contribution in [3.63, 3.8) is 0 Å². The zero-order chi connectivity index (χ0) is 25.5. The van der Waals surface area contributed by atoms with Crippen LogP contribution in [0.1, 0.15) is 74.6 Å². The highest BCUT2D eigenvalue weighted by Crippen LogP contribution is 2.31. The largest absolute Gasteiger partial charge is 0.491 e. The zero-order valence-corrected chi connectivity index (χ0v) is 21.9. The van der Waals surface area contributed by atoms with Gasteiger partial charge in [0.2, 0.25) is 11.8 Å². The molecule has 0 spiro atoms. The van der Waals surface area contributed by atoms with Crippen LogP contribution in [0.3, 0.4) is 0 Å². The maximum absolute atomic E-state index is 11.8. The Morgan fingerprint density at radius 1 is 1.06 bits per heavy atom. The van der Waals surface area contributed by atoms with Crippen LogP contribution in [-0.2, 0) is 22.7 Å². The second kappa shape index (κ2) is 12.7. The van der Waals surface area contributed by atoms with Crippen molar-refractivity contribution in [1.82, 2.24) is 9.80 Å². The van der Waals surface area contributed by atoms with Crippen LogP contribution in [0.4, 0.5) is 0 Å². The van der Waals surface area contributed by atoms with Crippen molar-refractivity contribution in [2.24, 2.45) is 5.92 Å². The first-order chi connectivity index (χ1) is 17.4. The minimum atomic E-state index is -0.144. The van der Waals surface area contributed by atoms with Gasteiger partial charge in [-0.1, -0.05) is 49.1 Å². The SMILES string of the molecule is C[C@@H](c1ccc(Cl)cc1)N(Cc1ccc(OCCN2C(=O)CCC2=O)c(CO)c1)CC1CCCCC1. The molecule has 1 atom stereocenters. The molecule has 0 unspecified atom stereocenters. The Labute approximate surface area is 219 Å². The van der Waals surface area contributed by atoms with Crippen molar-refractivity contribution in [2.75, 3.05) is 19.7 Å². The summed E-state index contributed by atoms with van der Waals surface area (Å²) in [6.45, 7) is 4.36. The van der Waals surface area contributed by atoms with Gasteiger partial charge in [0.1, 0.15) is 12.4 Å². The Morgan fingerprint density at radius 2 is 1.75 bits per heavy atom. The number of aliphatic hydroxyl groups excluding tert-OH is 1. The van der Waals surface area contributed by atoms with Gasteiger partial charge in [-0.3, -0.25) is 19.4 Å². The first kappa shape index (κ1) is 26.6. The maximum atomic E-state index is 11.8. The second-order valence-corrected chi connectivity index (χ2v) is 10.5. The van der Waals surface area contributed by atoms with E-state index in [1.807, 2.05) is 30.3 Å². The lowest BCUT2D eigenvalue weighted by atomic mass is 9.88. The monoisotopic (exact) mass is 512 g/mol. The molecule has 2 fully saturated rings. The Morgan fingerprint density at radius 3 is 2.42 bits per heavy atom. The minimum absolute atomic E-state index is 0.139. The van der Waals surface area contributed by atoms with E-state index in [9.17, 15) is 14.7 Å². The molecule has 1 aliphatic carbocycles. The van der Waals surface area contributed by atoms with E-state index >= 15 is 0 Å². The van der Waals surface area contributed by atoms with Gasteiger partial charge in [-0.2, -0.15) is 0 Å². The summed E-state index contributed by atoms with van der Waals surface area (Å²) in [7, 11) is 0. The quantitative estimate of drug-likeness (QED) is 0.402. The van der Waals surface area contributed by atoms with Gasteiger partial charge in [-0.25, -0.2) is 0 Å². The van der Waals surface area contributed by atoms with Crippen LogP contribution in [0, 0.1) is 5.92 Å². The Kier molecular flexibility index (Phi) is 9.41. The number of hydrogen-bond donors (Lipinski definition) is 1. The predicted molar refractivity (Wildman–Crippen MR) is 141 cm³/mol. The molecule has 1 N–H and O–H groups in total. The highest BCUT2D eigenvalue weighted by atomic mass is 35.5. The van der Waals surface area contributed by atoms with E-state index in [2.05, 4.69) is 24.0 Å². The van der Waals surface area contributed by atoms with Crippen LogP contribution >= 0.6 is 11.6 Å². The third-order valence-electron chi connectivity index (χ3n) is 7.53. The van der Waals surface area contributed by atoms with Crippen molar-refractivity contribution >= 4 is 23.4 Å². The molecular weight excluding hydrogens is 476 g/mol. The van der Waals surface area contributed by atoms with E-state index in [1.54, 1.807) is 0 Å². The summed E-state index contributed by atoms with van der Waals surface area (Å²) in [5.74, 6) is 0.998. The Balaban J connectivity index is 1.45. The minimum Gasteiger partial charge on any atom is -0.491 e. The highest BCUT2D eigenvalue weighted by molar-refractivity contribution is 6.30. The molecule has 194 valence electrons. The summed E-state index contributed by atoms with van der Waals surface area (Å²) in [5.41, 5.74) is 3.07. The predicted octanol–water partition coefficient (Wildman–Crippen LogP) is 5.50. The molecule has 2 amide bonds. The fourth-order valence-corrected chi connectivity index (χ4v) is 5.49. The van der Waals surface area contributed by atoms with E-state index in [1.165, 1.54) is 42.6 Å². The molecule has 4 rings (SSSR count). The molecule has 7 heteroatoms. The number of nitrogens with zero attached hydrogens (tertiary/aromatic N) is 2. The molecule has 1 aliphatic heterocycles. The lowest BCUT2D eigenvalue weighted by Crippen LogP contribution is -2.33. The Bertz CT molecular complexity index is 1020. The van der Waals surface area contributed by atoms with Crippen LogP contribution in [-0.4, -0.2) is 46.4 Å². The van der Waals surface area contributed by atoms with E-state index < -0.39 is 0 Å². The van der Waals surface area contributed by atoms with Gasteiger partial charge < -0.3 is 9.84 Å². The highest BCUT2D eigenvalue weighted by Gasteiger charge is 2.28. The third kappa shape index (κ3) is 6.87. The number of imide groups is 1. The average molecular weight is 513 g/mol. The number of carbonyl (C=O) groups excluding carboxylic acids is 2. The normalized spacial score (nSPS) is 17.7. The molecule has 0 radical (unpaired) electrons. The summed E-state index contributed by atoms with van der Waals surface area (Å²) in [4.78, 5) is 27.4. The number of hydrogen-bond acceptors (Lipinski definition) is 5. The van der Waals surface area contributed by atoms with E-state index in [-0.39, 0.29) is 50.5 Å². The summed E-state index contributed by atoms with van der Waals surface area (Å²) < 4.78 is 5.86. The average Bonchev–Trinajstić information content (AvgIpc) is 3.22. The van der Waals surface area contributed by atoms with Crippen LogP contribution in [0.5, 0.6) is 5.75 Å². The molecule has 1 saturated carbocycles. The lowest BCUT2D eigenvalue weighted by Gasteiger charge is -2.34. The first-order valence-corrected chi connectivity index (χ1v) is 13.5. The lowest BCUT2D eigenvalue weighted by molar-refractivity contribution is -0.138. The fraction of sp³-hybridized carbons (Fsp3) is 0.517. The molecule has 1 saturated heterocycles. The molecule has 36 heavy (non-hydrogen) atoms. The number of carbonyl (C=O) groups is 2.